The zero-order valence-electron chi connectivity index (χ0n) is 28.9. The molecule has 0 atom stereocenters. The van der Waals surface area contributed by atoms with E-state index in [4.69, 9.17) is 14.5 Å². The molecule has 2 aliphatic rings. The molecule has 0 aliphatic carbocycles. The van der Waals surface area contributed by atoms with Gasteiger partial charge in [0.1, 0.15) is 17.9 Å². The molecule has 7 rings (SSSR count). The molecule has 2 fully saturated rings. The molecule has 48 heavy (non-hydrogen) atoms. The van der Waals surface area contributed by atoms with Gasteiger partial charge in [-0.25, -0.2) is 4.98 Å². The third kappa shape index (κ3) is 8.04. The van der Waals surface area contributed by atoms with Gasteiger partial charge in [0.05, 0.1) is 24.5 Å². The highest BCUT2D eigenvalue weighted by molar-refractivity contribution is 7.98. The van der Waals surface area contributed by atoms with Crippen LogP contribution in [0.5, 0.6) is 5.75 Å². The normalized spacial score (nSPS) is 15.1. The maximum atomic E-state index is 10.0. The molecule has 0 saturated carbocycles. The van der Waals surface area contributed by atoms with E-state index < -0.39 is 0 Å². The van der Waals surface area contributed by atoms with E-state index in [2.05, 4.69) is 87.6 Å². The highest BCUT2D eigenvalue weighted by Crippen LogP contribution is 2.39. The number of ether oxygens (including phenoxy) is 2. The lowest BCUT2D eigenvalue weighted by Gasteiger charge is -2.34. The van der Waals surface area contributed by atoms with Crippen molar-refractivity contribution < 1.29 is 9.47 Å². The standard InChI is InChI=1S/C36H35N5O2S.2C2H6/c1-39-17-19-40(20-18-39)29-10-7-26(8-11-29)34-24-33-32(13-16-38-36(33)41(34)44-31-5-3-2-4-6-31)27-9-12-35(28(23-27)25-37)43-30-14-21-42-22-15-30;2*1-2/h2-13,16,23-24,30H,14-15,17-22H2,1H3;2*1-2H3. The minimum Gasteiger partial charge on any atom is -0.489 e. The van der Waals surface area contributed by atoms with Crippen LogP contribution in [0.3, 0.4) is 0 Å². The number of nitrogens with zero attached hydrogens (tertiary/aromatic N) is 5. The Kier molecular flexibility index (Phi) is 12.6. The van der Waals surface area contributed by atoms with Crippen molar-refractivity contribution in [3.8, 4) is 34.2 Å². The molecule has 0 amide bonds. The third-order valence-electron chi connectivity index (χ3n) is 8.51. The van der Waals surface area contributed by atoms with Gasteiger partial charge in [-0.05, 0) is 84.2 Å². The van der Waals surface area contributed by atoms with E-state index in [0.717, 1.165) is 77.3 Å². The SMILES string of the molecule is CC.CC.CN1CCN(c2ccc(-c3cc4c(-c5ccc(OC6CCOCC6)c(C#N)c5)ccnc4n3Sc3ccccc3)cc2)CC1. The highest BCUT2D eigenvalue weighted by Gasteiger charge is 2.21. The number of anilines is 1. The van der Waals surface area contributed by atoms with E-state index >= 15 is 0 Å². The van der Waals surface area contributed by atoms with Gasteiger partial charge < -0.3 is 19.3 Å². The summed E-state index contributed by atoms with van der Waals surface area (Å²) in [7, 11) is 2.18. The van der Waals surface area contributed by atoms with Crippen molar-refractivity contribution in [2.45, 2.75) is 51.5 Å². The van der Waals surface area contributed by atoms with Crippen LogP contribution < -0.4 is 9.64 Å². The van der Waals surface area contributed by atoms with Crippen LogP contribution in [0, 0.1) is 11.3 Å². The summed E-state index contributed by atoms with van der Waals surface area (Å²) in [6.07, 6.45) is 3.61. The molecule has 7 nitrogen and oxygen atoms in total. The van der Waals surface area contributed by atoms with Crippen molar-refractivity contribution in [1.29, 1.82) is 5.26 Å². The van der Waals surface area contributed by atoms with E-state index in [9.17, 15) is 5.26 Å². The lowest BCUT2D eigenvalue weighted by atomic mass is 10.0. The number of hydrogen-bond donors (Lipinski definition) is 0. The van der Waals surface area contributed by atoms with Crippen molar-refractivity contribution >= 4 is 28.7 Å². The summed E-state index contributed by atoms with van der Waals surface area (Å²) in [5.74, 6) is 0.631. The fourth-order valence-corrected chi connectivity index (χ4v) is 6.95. The molecule has 250 valence electrons. The number of rotatable bonds is 7. The lowest BCUT2D eigenvalue weighted by Crippen LogP contribution is -2.44. The van der Waals surface area contributed by atoms with Crippen molar-refractivity contribution in [1.82, 2.24) is 13.9 Å². The number of fused-ring (bicyclic) bond motifs is 1. The van der Waals surface area contributed by atoms with Gasteiger partial charge in [0.15, 0.2) is 5.65 Å². The first kappa shape index (κ1) is 35.0. The first-order chi connectivity index (χ1) is 23.7. The van der Waals surface area contributed by atoms with Crippen LogP contribution in [-0.4, -0.2) is 66.4 Å². The van der Waals surface area contributed by atoms with Crippen molar-refractivity contribution in [3.05, 3.63) is 96.7 Å². The molecule has 2 aromatic heterocycles. The summed E-state index contributed by atoms with van der Waals surface area (Å²) < 4.78 is 13.9. The monoisotopic (exact) mass is 661 g/mol. The van der Waals surface area contributed by atoms with Gasteiger partial charge in [-0.2, -0.15) is 5.26 Å². The fourth-order valence-electron chi connectivity index (χ4n) is 5.98. The predicted octanol–water partition coefficient (Wildman–Crippen LogP) is 9.16. The second-order valence-corrected chi connectivity index (χ2v) is 12.4. The Morgan fingerprint density at radius 1 is 0.833 bits per heavy atom. The Morgan fingerprint density at radius 2 is 1.52 bits per heavy atom. The first-order valence-electron chi connectivity index (χ1n) is 17.2. The molecular formula is C40H47N5O2S. The molecule has 8 heteroatoms. The van der Waals surface area contributed by atoms with Crippen LogP contribution in [0.25, 0.3) is 33.4 Å². The molecule has 4 heterocycles. The van der Waals surface area contributed by atoms with E-state index in [1.807, 2.05) is 58.2 Å². The molecular weight excluding hydrogens is 615 g/mol. The highest BCUT2D eigenvalue weighted by atomic mass is 32.2. The summed E-state index contributed by atoms with van der Waals surface area (Å²) >= 11 is 1.67. The van der Waals surface area contributed by atoms with E-state index in [1.165, 1.54) is 5.69 Å². The average molecular weight is 662 g/mol. The first-order valence-corrected chi connectivity index (χ1v) is 18.0. The summed E-state index contributed by atoms with van der Waals surface area (Å²) in [6.45, 7) is 13.6. The second kappa shape index (κ2) is 17.2. The Labute approximate surface area is 290 Å². The summed E-state index contributed by atoms with van der Waals surface area (Å²) in [6, 6.07) is 31.9. The molecule has 0 unspecified atom stereocenters. The maximum Gasteiger partial charge on any atom is 0.151 e. The predicted molar refractivity (Wildman–Crippen MR) is 200 cm³/mol. The fraction of sp³-hybridized carbons (Fsp3) is 0.350. The Hall–Kier alpha value is -4.29. The Balaban J connectivity index is 0.00000109. The second-order valence-electron chi connectivity index (χ2n) is 11.4. The smallest absolute Gasteiger partial charge is 0.151 e. The van der Waals surface area contributed by atoms with E-state index in [-0.39, 0.29) is 6.10 Å². The largest absolute Gasteiger partial charge is 0.489 e. The number of aromatic nitrogens is 2. The number of nitriles is 1. The molecule has 5 aromatic rings. The van der Waals surface area contributed by atoms with Crippen LogP contribution in [0.4, 0.5) is 5.69 Å². The summed E-state index contributed by atoms with van der Waals surface area (Å²) in [5, 5.41) is 11.1. The van der Waals surface area contributed by atoms with Crippen LogP contribution in [-0.2, 0) is 4.74 Å². The van der Waals surface area contributed by atoms with Gasteiger partial charge in [-0.3, -0.25) is 3.97 Å². The topological polar surface area (TPSA) is 66.6 Å². The Bertz CT molecular complexity index is 1780. The minimum atomic E-state index is 0.0728. The van der Waals surface area contributed by atoms with Crippen molar-refractivity contribution in [2.24, 2.45) is 0 Å². The number of hydrogen-bond acceptors (Lipinski definition) is 7. The van der Waals surface area contributed by atoms with Gasteiger partial charge in [0.2, 0.25) is 0 Å². The van der Waals surface area contributed by atoms with E-state index in [1.54, 1.807) is 11.9 Å². The molecule has 0 radical (unpaired) electrons. The van der Waals surface area contributed by atoms with E-state index in [0.29, 0.717) is 24.5 Å². The van der Waals surface area contributed by atoms with Crippen LogP contribution >= 0.6 is 11.9 Å². The molecule has 0 N–H and O–H groups in total. The van der Waals surface area contributed by atoms with Crippen LogP contribution in [0.15, 0.2) is 96.0 Å². The number of pyridine rings is 1. The number of piperazine rings is 1. The van der Waals surface area contributed by atoms with Gasteiger partial charge in [0, 0.05) is 61.2 Å². The zero-order valence-corrected chi connectivity index (χ0v) is 29.7. The average Bonchev–Trinajstić information content (AvgIpc) is 3.53. The molecule has 2 aliphatic heterocycles. The molecule has 0 spiro atoms. The van der Waals surface area contributed by atoms with Gasteiger partial charge in [0.25, 0.3) is 0 Å². The number of likely N-dealkylation sites (N-methyl/N-ethyl adjacent to an activating group) is 1. The third-order valence-corrected chi connectivity index (χ3v) is 9.54. The van der Waals surface area contributed by atoms with Gasteiger partial charge in [-0.15, -0.1) is 0 Å². The molecule has 2 saturated heterocycles. The number of benzene rings is 3. The van der Waals surface area contributed by atoms with Crippen molar-refractivity contribution in [3.63, 3.8) is 0 Å². The van der Waals surface area contributed by atoms with Gasteiger partial charge >= 0.3 is 0 Å². The minimum absolute atomic E-state index is 0.0728. The summed E-state index contributed by atoms with van der Waals surface area (Å²) in [4.78, 5) is 10.8. The lowest BCUT2D eigenvalue weighted by molar-refractivity contribution is 0.0254. The van der Waals surface area contributed by atoms with Crippen molar-refractivity contribution in [2.75, 3.05) is 51.3 Å². The van der Waals surface area contributed by atoms with Gasteiger partial charge in [-0.1, -0.05) is 64.1 Å². The molecule has 3 aromatic carbocycles. The van der Waals surface area contributed by atoms with Crippen LogP contribution in [0.2, 0.25) is 0 Å². The quantitative estimate of drug-likeness (QED) is 0.172. The van der Waals surface area contributed by atoms with Crippen LogP contribution in [0.1, 0.15) is 46.1 Å². The maximum absolute atomic E-state index is 10.0. The zero-order chi connectivity index (χ0) is 33.9. The summed E-state index contributed by atoms with van der Waals surface area (Å²) in [5.41, 5.74) is 6.89. The Morgan fingerprint density at radius 3 is 2.21 bits per heavy atom. The molecule has 0 bridgehead atoms.